The zero-order valence-electron chi connectivity index (χ0n) is 10.9. The van der Waals surface area contributed by atoms with Crippen LogP contribution in [0.4, 0.5) is 0 Å². The summed E-state index contributed by atoms with van der Waals surface area (Å²) in [5.41, 5.74) is 1.00. The van der Waals surface area contributed by atoms with E-state index < -0.39 is 0 Å². The Morgan fingerprint density at radius 1 is 1.05 bits per heavy atom. The maximum atomic E-state index is 6.25. The van der Waals surface area contributed by atoms with E-state index in [0.717, 1.165) is 21.2 Å². The Kier molecular flexibility index (Phi) is 6.06. The molecular weight excluding hydrogens is 333 g/mol. The van der Waals surface area contributed by atoms with Crippen molar-refractivity contribution in [2.75, 3.05) is 12.8 Å². The van der Waals surface area contributed by atoms with Crippen molar-refractivity contribution in [1.82, 2.24) is 5.32 Å². The van der Waals surface area contributed by atoms with Gasteiger partial charge in [0.05, 0.1) is 5.02 Å². The summed E-state index contributed by atoms with van der Waals surface area (Å²) in [5, 5.41) is 5.44. The van der Waals surface area contributed by atoms with E-state index in [1.807, 2.05) is 43.4 Å². The van der Waals surface area contributed by atoms with Gasteiger partial charge in [-0.3, -0.25) is 0 Å². The minimum absolute atomic E-state index is 0.113. The van der Waals surface area contributed by atoms with Crippen LogP contribution in [0, 0.1) is 0 Å². The van der Waals surface area contributed by atoms with Gasteiger partial charge in [-0.1, -0.05) is 46.9 Å². The topological polar surface area (TPSA) is 12.0 Å². The van der Waals surface area contributed by atoms with Crippen LogP contribution in [-0.4, -0.2) is 12.8 Å². The fourth-order valence-electron chi connectivity index (χ4n) is 1.85. The number of benzene rings is 2. The van der Waals surface area contributed by atoms with Gasteiger partial charge in [0.2, 0.25) is 0 Å². The first kappa shape index (κ1) is 16.0. The first-order valence-electron chi connectivity index (χ1n) is 6.11. The molecule has 5 heteroatoms. The predicted molar refractivity (Wildman–Crippen MR) is 90.4 cm³/mol. The summed E-state index contributed by atoms with van der Waals surface area (Å²) in [6, 6.07) is 13.4. The lowest BCUT2D eigenvalue weighted by atomic mass is 10.1. The lowest BCUT2D eigenvalue weighted by molar-refractivity contribution is 0.662. The molecular formula is C15H14Cl3NS. The van der Waals surface area contributed by atoms with Gasteiger partial charge in [-0.05, 0) is 42.9 Å². The molecule has 0 aliphatic carbocycles. The Balaban J connectivity index is 2.13. The summed E-state index contributed by atoms with van der Waals surface area (Å²) in [6.07, 6.45) is 0. The number of thioether (sulfide) groups is 1. The molecule has 106 valence electrons. The molecule has 0 heterocycles. The SMILES string of the molecule is CNC(CSc1ccccc1Cl)c1cc(Cl)ccc1Cl. The molecule has 0 saturated heterocycles. The second-order valence-electron chi connectivity index (χ2n) is 4.25. The Bertz CT molecular complexity index is 589. The van der Waals surface area contributed by atoms with E-state index in [2.05, 4.69) is 5.32 Å². The minimum atomic E-state index is 0.113. The summed E-state index contributed by atoms with van der Waals surface area (Å²) in [6.45, 7) is 0. The molecule has 0 saturated carbocycles. The lowest BCUT2D eigenvalue weighted by Crippen LogP contribution is -2.19. The monoisotopic (exact) mass is 345 g/mol. The van der Waals surface area contributed by atoms with Crippen molar-refractivity contribution in [3.05, 3.63) is 63.1 Å². The van der Waals surface area contributed by atoms with E-state index in [1.165, 1.54) is 0 Å². The zero-order valence-corrected chi connectivity index (χ0v) is 14.0. The van der Waals surface area contributed by atoms with Crippen LogP contribution in [0.1, 0.15) is 11.6 Å². The van der Waals surface area contributed by atoms with Gasteiger partial charge in [-0.15, -0.1) is 11.8 Å². The van der Waals surface area contributed by atoms with E-state index in [4.69, 9.17) is 34.8 Å². The second-order valence-corrected chi connectivity index (χ2v) is 6.56. The summed E-state index contributed by atoms with van der Waals surface area (Å²) in [7, 11) is 1.91. The Morgan fingerprint density at radius 3 is 2.50 bits per heavy atom. The molecule has 1 N–H and O–H groups in total. The van der Waals surface area contributed by atoms with Crippen molar-refractivity contribution >= 4 is 46.6 Å². The molecule has 0 aliphatic rings. The molecule has 0 bridgehead atoms. The summed E-state index contributed by atoms with van der Waals surface area (Å²) >= 11 is 20.2. The first-order valence-corrected chi connectivity index (χ1v) is 8.23. The van der Waals surface area contributed by atoms with E-state index in [1.54, 1.807) is 17.8 Å². The predicted octanol–water partition coefficient (Wildman–Crippen LogP) is 5.70. The molecule has 0 fully saturated rings. The first-order chi connectivity index (χ1) is 9.61. The highest BCUT2D eigenvalue weighted by molar-refractivity contribution is 7.99. The summed E-state index contributed by atoms with van der Waals surface area (Å²) < 4.78 is 0. The molecule has 2 aromatic rings. The average molecular weight is 347 g/mol. The third-order valence-corrected chi connectivity index (χ3v) is 5.11. The van der Waals surface area contributed by atoms with Crippen molar-refractivity contribution < 1.29 is 0 Å². The van der Waals surface area contributed by atoms with Crippen molar-refractivity contribution in [2.24, 2.45) is 0 Å². The smallest absolute Gasteiger partial charge is 0.0541 e. The third-order valence-electron chi connectivity index (χ3n) is 2.92. The molecule has 0 radical (unpaired) electrons. The number of hydrogen-bond acceptors (Lipinski definition) is 2. The highest BCUT2D eigenvalue weighted by Crippen LogP contribution is 2.33. The second kappa shape index (κ2) is 7.58. The highest BCUT2D eigenvalue weighted by atomic mass is 35.5. The van der Waals surface area contributed by atoms with Gasteiger partial charge in [-0.2, -0.15) is 0 Å². The van der Waals surface area contributed by atoms with E-state index >= 15 is 0 Å². The molecule has 0 aliphatic heterocycles. The van der Waals surface area contributed by atoms with Crippen LogP contribution >= 0.6 is 46.6 Å². The number of halogens is 3. The van der Waals surface area contributed by atoms with Crippen LogP contribution in [0.15, 0.2) is 47.4 Å². The molecule has 1 atom stereocenters. The highest BCUT2D eigenvalue weighted by Gasteiger charge is 2.14. The van der Waals surface area contributed by atoms with E-state index in [-0.39, 0.29) is 6.04 Å². The van der Waals surface area contributed by atoms with Crippen molar-refractivity contribution in [3.63, 3.8) is 0 Å². The standard InChI is InChI=1S/C15H14Cl3NS/c1-19-14(11-8-10(16)6-7-12(11)17)9-20-15-5-3-2-4-13(15)18/h2-8,14,19H,9H2,1H3. The molecule has 1 nitrogen and oxygen atoms in total. The third kappa shape index (κ3) is 4.06. The van der Waals surface area contributed by atoms with Crippen molar-refractivity contribution in [1.29, 1.82) is 0 Å². The maximum Gasteiger partial charge on any atom is 0.0541 e. The van der Waals surface area contributed by atoms with Gasteiger partial charge in [0.15, 0.2) is 0 Å². The van der Waals surface area contributed by atoms with Gasteiger partial charge in [0, 0.05) is 26.7 Å². The van der Waals surface area contributed by atoms with Crippen LogP contribution in [-0.2, 0) is 0 Å². The normalized spacial score (nSPS) is 12.4. The number of hydrogen-bond donors (Lipinski definition) is 1. The molecule has 20 heavy (non-hydrogen) atoms. The molecule has 2 aromatic carbocycles. The molecule has 1 unspecified atom stereocenters. The van der Waals surface area contributed by atoms with Gasteiger partial charge >= 0.3 is 0 Å². The van der Waals surface area contributed by atoms with E-state index in [0.29, 0.717) is 10.0 Å². The summed E-state index contributed by atoms with van der Waals surface area (Å²) in [5.74, 6) is 0.820. The Morgan fingerprint density at radius 2 is 1.80 bits per heavy atom. The Labute approximate surface area is 138 Å². The Hall–Kier alpha value is -0.380. The molecule has 0 spiro atoms. The number of rotatable bonds is 5. The average Bonchev–Trinajstić information content (AvgIpc) is 2.45. The van der Waals surface area contributed by atoms with E-state index in [9.17, 15) is 0 Å². The minimum Gasteiger partial charge on any atom is -0.312 e. The van der Waals surface area contributed by atoms with Crippen LogP contribution < -0.4 is 5.32 Å². The fourth-order valence-corrected chi connectivity index (χ4v) is 3.65. The molecule has 0 amide bonds. The van der Waals surface area contributed by atoms with Gasteiger partial charge < -0.3 is 5.32 Å². The zero-order chi connectivity index (χ0) is 14.5. The van der Waals surface area contributed by atoms with Crippen LogP contribution in [0.2, 0.25) is 15.1 Å². The van der Waals surface area contributed by atoms with Crippen molar-refractivity contribution in [2.45, 2.75) is 10.9 Å². The van der Waals surface area contributed by atoms with Gasteiger partial charge in [0.25, 0.3) is 0 Å². The molecule has 0 aromatic heterocycles. The number of nitrogens with one attached hydrogen (secondary N) is 1. The van der Waals surface area contributed by atoms with Gasteiger partial charge in [0.1, 0.15) is 0 Å². The quantitative estimate of drug-likeness (QED) is 0.697. The lowest BCUT2D eigenvalue weighted by Gasteiger charge is -2.18. The van der Waals surface area contributed by atoms with Crippen molar-refractivity contribution in [3.8, 4) is 0 Å². The maximum absolute atomic E-state index is 6.25. The van der Waals surface area contributed by atoms with Gasteiger partial charge in [-0.25, -0.2) is 0 Å². The molecule has 2 rings (SSSR count). The van der Waals surface area contributed by atoms with Crippen LogP contribution in [0.25, 0.3) is 0 Å². The fraction of sp³-hybridized carbons (Fsp3) is 0.200. The van der Waals surface area contributed by atoms with Crippen LogP contribution in [0.3, 0.4) is 0 Å². The van der Waals surface area contributed by atoms with Crippen LogP contribution in [0.5, 0.6) is 0 Å². The largest absolute Gasteiger partial charge is 0.312 e. The summed E-state index contributed by atoms with van der Waals surface area (Å²) in [4.78, 5) is 1.06.